The molecule has 2 heterocycles. The van der Waals surface area contributed by atoms with Crippen LogP contribution in [0.4, 0.5) is 0 Å². The van der Waals surface area contributed by atoms with E-state index < -0.39 is 70.2 Å². The van der Waals surface area contributed by atoms with Gasteiger partial charge < -0.3 is 20.9 Å². The molecule has 5 atom stereocenters. The number of fused-ring (bicyclic) bond motifs is 3. The maximum Gasteiger partial charge on any atom is 0.292 e. The summed E-state index contributed by atoms with van der Waals surface area (Å²) in [5.74, 6) is -4.52. The van der Waals surface area contributed by atoms with Gasteiger partial charge in [0, 0.05) is 36.8 Å². The minimum atomic E-state index is -0.959. The monoisotopic (exact) mass is 682 g/mol. The summed E-state index contributed by atoms with van der Waals surface area (Å²) in [4.78, 5) is 91.9. The molecule has 1 spiro atoms. The fourth-order valence-electron chi connectivity index (χ4n) is 8.43. The Morgan fingerprint density at radius 1 is 0.840 bits per heavy atom. The summed E-state index contributed by atoms with van der Waals surface area (Å²) in [6.45, 7) is 6.71. The highest BCUT2D eigenvalue weighted by Gasteiger charge is 2.70. The van der Waals surface area contributed by atoms with Crippen molar-refractivity contribution < 1.29 is 28.8 Å². The second-order valence-corrected chi connectivity index (χ2v) is 15.9. The second kappa shape index (κ2) is 13.0. The third-order valence-corrected chi connectivity index (χ3v) is 11.5. The van der Waals surface area contributed by atoms with Gasteiger partial charge in [-0.15, -0.1) is 0 Å². The van der Waals surface area contributed by atoms with Crippen molar-refractivity contribution in [2.75, 3.05) is 13.1 Å². The number of ketones is 2. The molecule has 3 unspecified atom stereocenters. The zero-order valence-corrected chi connectivity index (χ0v) is 28.9. The molecule has 3 saturated carbocycles. The Morgan fingerprint density at radius 3 is 2.08 bits per heavy atom. The molecule has 1 aromatic heterocycles. The molecule has 50 heavy (non-hydrogen) atoms. The molecule has 2 aromatic rings. The van der Waals surface area contributed by atoms with E-state index in [2.05, 4.69) is 25.9 Å². The van der Waals surface area contributed by atoms with E-state index in [0.717, 1.165) is 56.1 Å². The quantitative estimate of drug-likeness (QED) is 0.227. The molecule has 264 valence electrons. The van der Waals surface area contributed by atoms with E-state index in [-0.39, 0.29) is 23.3 Å². The van der Waals surface area contributed by atoms with Gasteiger partial charge in [-0.05, 0) is 60.5 Å². The minimum Gasteiger partial charge on any atom is -0.345 e. The summed E-state index contributed by atoms with van der Waals surface area (Å²) in [5, 5.41) is 8.87. The Bertz CT molecular complexity index is 1680. The summed E-state index contributed by atoms with van der Waals surface area (Å²) in [6, 6.07) is 5.01. The fraction of sp³-hybridized carbons (Fsp3) is 0.579. The van der Waals surface area contributed by atoms with Crippen molar-refractivity contribution in [3.8, 4) is 0 Å². The van der Waals surface area contributed by atoms with Gasteiger partial charge in [0.15, 0.2) is 5.78 Å². The zero-order chi connectivity index (χ0) is 35.4. The third kappa shape index (κ3) is 6.33. The lowest BCUT2D eigenvalue weighted by Crippen LogP contribution is -2.63. The molecule has 12 heteroatoms. The molecule has 3 N–H and O–H groups in total. The number of hydrogen-bond donors (Lipinski definition) is 3. The number of nitrogens with zero attached hydrogens (tertiary/aromatic N) is 3. The lowest BCUT2D eigenvalue weighted by molar-refractivity contribution is -0.149. The molecule has 7 rings (SSSR count). The van der Waals surface area contributed by atoms with Gasteiger partial charge in [0.2, 0.25) is 17.6 Å². The van der Waals surface area contributed by atoms with E-state index in [1.807, 2.05) is 45.0 Å². The molecule has 0 bridgehead atoms. The molecule has 4 fully saturated rings. The van der Waals surface area contributed by atoms with E-state index in [9.17, 15) is 28.8 Å². The van der Waals surface area contributed by atoms with Crippen LogP contribution in [-0.2, 0) is 29.4 Å². The first-order valence-electron chi connectivity index (χ1n) is 18.1. The van der Waals surface area contributed by atoms with Gasteiger partial charge in [-0.25, -0.2) is 4.98 Å². The molecular formula is C38H46N6O6. The number of nitrogens with one attached hydrogen (secondary N) is 3. The number of aromatic nitrogens is 2. The van der Waals surface area contributed by atoms with Crippen LogP contribution < -0.4 is 16.0 Å². The molecule has 1 saturated heterocycles. The molecule has 4 aliphatic carbocycles. The Morgan fingerprint density at radius 2 is 1.50 bits per heavy atom. The van der Waals surface area contributed by atoms with Crippen LogP contribution in [0.15, 0.2) is 42.9 Å². The molecule has 5 aliphatic rings. The lowest BCUT2D eigenvalue weighted by Gasteiger charge is -2.47. The average Bonchev–Trinajstić information content (AvgIpc) is 3.97. The van der Waals surface area contributed by atoms with Crippen molar-refractivity contribution in [1.82, 2.24) is 30.8 Å². The van der Waals surface area contributed by atoms with Crippen molar-refractivity contribution in [1.29, 1.82) is 0 Å². The standard InChI is InChI=1S/C38H46N6O6/c1-37(2,3)32(43-35(49)29(21-9-5-4-6-10-21)42-33(47)26-20-39-15-16-40-26)30(45)23-19-38(24-11-7-8-12-25(24)38)27(23)34(48)41-28(22-13-14-22)31(46)36(50)44-17-18-44/h7-8,11-12,15-16,20-23,27-29,32H,4-6,9-10,13-14,17-19H2,1-3H3,(H,41,48)(H,42,47)(H,43,49)/t23?,27?,28?,29-,32+/m0/s1. The summed E-state index contributed by atoms with van der Waals surface area (Å²) >= 11 is 0. The highest BCUT2D eigenvalue weighted by Crippen LogP contribution is 2.68. The largest absolute Gasteiger partial charge is 0.345 e. The van der Waals surface area contributed by atoms with Crippen LogP contribution in [0.2, 0.25) is 0 Å². The van der Waals surface area contributed by atoms with Gasteiger partial charge >= 0.3 is 0 Å². The smallest absolute Gasteiger partial charge is 0.292 e. The van der Waals surface area contributed by atoms with Gasteiger partial charge in [-0.1, -0.05) is 64.3 Å². The van der Waals surface area contributed by atoms with E-state index in [1.54, 1.807) is 0 Å². The number of amides is 4. The lowest BCUT2D eigenvalue weighted by atomic mass is 9.55. The summed E-state index contributed by atoms with van der Waals surface area (Å²) < 4.78 is 0. The minimum absolute atomic E-state index is 0.0983. The highest BCUT2D eigenvalue weighted by molar-refractivity contribution is 6.39. The first-order chi connectivity index (χ1) is 23.9. The van der Waals surface area contributed by atoms with E-state index >= 15 is 0 Å². The first-order valence-corrected chi connectivity index (χ1v) is 18.1. The maximum atomic E-state index is 14.7. The predicted octanol–water partition coefficient (Wildman–Crippen LogP) is 2.50. The topological polar surface area (TPSA) is 167 Å². The third-order valence-electron chi connectivity index (χ3n) is 11.5. The Kier molecular flexibility index (Phi) is 8.84. The van der Waals surface area contributed by atoms with Crippen molar-refractivity contribution in [3.05, 3.63) is 59.7 Å². The number of carbonyl (C=O) groups excluding carboxylic acids is 6. The van der Waals surface area contributed by atoms with Crippen LogP contribution in [-0.4, -0.2) is 81.3 Å². The Balaban J connectivity index is 1.13. The number of hydrogen-bond acceptors (Lipinski definition) is 8. The molecule has 12 nitrogen and oxygen atoms in total. The number of rotatable bonds is 12. The van der Waals surface area contributed by atoms with E-state index in [1.165, 1.54) is 23.5 Å². The van der Waals surface area contributed by atoms with Crippen LogP contribution >= 0.6 is 0 Å². The SMILES string of the molecule is CC(C)(C)[C@H](NC(=O)[C@@H](NC(=O)c1cnccn1)C1CCCCC1)C(=O)C1CC2(c3ccccc32)C1C(=O)NC(C(=O)C(=O)N1CC1)C1CC1. The number of benzene rings is 1. The molecule has 1 aromatic carbocycles. The average molecular weight is 683 g/mol. The van der Waals surface area contributed by atoms with Gasteiger partial charge in [0.1, 0.15) is 17.8 Å². The molecule has 1 aliphatic heterocycles. The summed E-state index contributed by atoms with van der Waals surface area (Å²) in [6.07, 6.45) is 10.6. The van der Waals surface area contributed by atoms with Gasteiger partial charge in [-0.2, -0.15) is 0 Å². The number of carbonyl (C=O) groups is 6. The van der Waals surface area contributed by atoms with Crippen molar-refractivity contribution in [2.45, 2.75) is 95.7 Å². The van der Waals surface area contributed by atoms with Crippen LogP contribution in [0.5, 0.6) is 0 Å². The van der Waals surface area contributed by atoms with Crippen molar-refractivity contribution in [3.63, 3.8) is 0 Å². The normalized spacial score (nSPS) is 23.7. The fourth-order valence-corrected chi connectivity index (χ4v) is 8.43. The van der Waals surface area contributed by atoms with Gasteiger partial charge in [0.25, 0.3) is 11.8 Å². The van der Waals surface area contributed by atoms with Crippen molar-refractivity contribution >= 4 is 35.2 Å². The Hall–Kier alpha value is -4.48. The van der Waals surface area contributed by atoms with Crippen LogP contribution in [0, 0.1) is 29.1 Å². The van der Waals surface area contributed by atoms with E-state index in [4.69, 9.17) is 0 Å². The summed E-state index contributed by atoms with van der Waals surface area (Å²) in [5.41, 5.74) is 0.785. The maximum absolute atomic E-state index is 14.7. The van der Waals surface area contributed by atoms with Crippen LogP contribution in [0.25, 0.3) is 0 Å². The predicted molar refractivity (Wildman–Crippen MR) is 181 cm³/mol. The van der Waals surface area contributed by atoms with Crippen molar-refractivity contribution in [2.24, 2.45) is 29.1 Å². The Labute approximate surface area is 291 Å². The van der Waals surface area contributed by atoms with Crippen LogP contribution in [0.3, 0.4) is 0 Å². The van der Waals surface area contributed by atoms with Crippen LogP contribution in [0.1, 0.15) is 93.8 Å². The molecular weight excluding hydrogens is 636 g/mol. The highest BCUT2D eigenvalue weighted by atomic mass is 16.2. The molecule has 4 amide bonds. The zero-order valence-electron chi connectivity index (χ0n) is 28.9. The number of Topliss-reactive ketones (excluding diaryl/α,β-unsaturated/α-hetero) is 2. The first kappa shape index (κ1) is 34.0. The van der Waals surface area contributed by atoms with Gasteiger partial charge in [-0.3, -0.25) is 33.8 Å². The van der Waals surface area contributed by atoms with E-state index in [0.29, 0.717) is 19.5 Å². The molecule has 0 radical (unpaired) electrons. The summed E-state index contributed by atoms with van der Waals surface area (Å²) in [7, 11) is 0. The second-order valence-electron chi connectivity index (χ2n) is 15.9. The van der Waals surface area contributed by atoms with Gasteiger partial charge in [0.05, 0.1) is 18.2 Å².